The minimum atomic E-state index is -0.318. The molecule has 202 valence electrons. The smallest absolute Gasteiger partial charge is 0.332 e. The van der Waals surface area contributed by atoms with Crippen LogP contribution in [0.1, 0.15) is 47.3 Å². The number of nitrogens with zero attached hydrogens (tertiary/aromatic N) is 4. The van der Waals surface area contributed by atoms with Gasteiger partial charge < -0.3 is 15.6 Å². The van der Waals surface area contributed by atoms with E-state index in [4.69, 9.17) is 0 Å². The van der Waals surface area contributed by atoms with E-state index in [1.807, 2.05) is 61.5 Å². The fourth-order valence-electron chi connectivity index (χ4n) is 4.69. The van der Waals surface area contributed by atoms with Gasteiger partial charge in [0.15, 0.2) is 5.65 Å². The van der Waals surface area contributed by atoms with E-state index in [2.05, 4.69) is 25.6 Å². The summed E-state index contributed by atoms with van der Waals surface area (Å²) in [5.41, 5.74) is 3.54. The Kier molecular flexibility index (Phi) is 6.73. The van der Waals surface area contributed by atoms with Gasteiger partial charge >= 0.3 is 5.69 Å². The molecule has 5 aromatic rings. The van der Waals surface area contributed by atoms with Crippen LogP contribution >= 0.6 is 0 Å². The van der Waals surface area contributed by atoms with E-state index in [0.717, 1.165) is 29.5 Å². The summed E-state index contributed by atoms with van der Waals surface area (Å²) in [4.78, 5) is 50.3. The quantitative estimate of drug-likeness (QED) is 0.263. The Morgan fingerprint density at radius 3 is 2.35 bits per heavy atom. The maximum absolute atomic E-state index is 13.0. The number of anilines is 1. The molecule has 0 spiro atoms. The van der Waals surface area contributed by atoms with Crippen LogP contribution in [0.5, 0.6) is 0 Å². The highest BCUT2D eigenvalue weighted by molar-refractivity contribution is 5.94. The van der Waals surface area contributed by atoms with Crippen molar-refractivity contribution in [2.24, 2.45) is 0 Å². The van der Waals surface area contributed by atoms with Crippen LogP contribution in [0.3, 0.4) is 0 Å². The minimum Gasteiger partial charge on any atom is -0.366 e. The van der Waals surface area contributed by atoms with Crippen LogP contribution in [-0.4, -0.2) is 30.0 Å². The van der Waals surface area contributed by atoms with Gasteiger partial charge in [0.2, 0.25) is 0 Å². The molecule has 10 heteroatoms. The normalized spacial score (nSPS) is 12.9. The molecule has 1 aliphatic carbocycles. The van der Waals surface area contributed by atoms with Crippen LogP contribution in [0, 0.1) is 0 Å². The van der Waals surface area contributed by atoms with Gasteiger partial charge in [-0.05, 0) is 55.2 Å². The molecule has 0 aliphatic heterocycles. The lowest BCUT2D eigenvalue weighted by Crippen LogP contribution is -2.39. The first-order valence-corrected chi connectivity index (χ1v) is 13.4. The Morgan fingerprint density at radius 2 is 1.70 bits per heavy atom. The molecular weight excluding hydrogens is 506 g/mol. The zero-order chi connectivity index (χ0) is 27.6. The monoisotopic (exact) mass is 535 g/mol. The van der Waals surface area contributed by atoms with Crippen LogP contribution in [0.15, 0.2) is 82.5 Å². The Hall–Kier alpha value is -4.99. The molecular formula is C30H29N7O3. The van der Waals surface area contributed by atoms with E-state index in [1.54, 1.807) is 22.9 Å². The van der Waals surface area contributed by atoms with Crippen molar-refractivity contribution in [2.45, 2.75) is 45.4 Å². The van der Waals surface area contributed by atoms with Crippen LogP contribution < -0.4 is 21.9 Å². The zero-order valence-corrected chi connectivity index (χ0v) is 22.1. The van der Waals surface area contributed by atoms with Crippen molar-refractivity contribution >= 4 is 22.9 Å². The first-order chi connectivity index (χ1) is 19.5. The maximum atomic E-state index is 13.0. The number of carbonyl (C=O) groups excluding carboxylic acids is 1. The molecule has 10 nitrogen and oxygen atoms in total. The molecule has 1 amide bonds. The SMILES string of the molecule is CCn1c(=O)n(C2CC2)c(=O)c2[nH]c(-c3ccc(NCc4ccc(CNC(=O)c5ccccc5)cc4)nc3)nc21. The lowest BCUT2D eigenvalue weighted by molar-refractivity contribution is 0.0951. The molecule has 3 N–H and O–H groups in total. The third-order valence-corrected chi connectivity index (χ3v) is 7.06. The third-order valence-electron chi connectivity index (χ3n) is 7.06. The number of hydrogen-bond acceptors (Lipinski definition) is 6. The summed E-state index contributed by atoms with van der Waals surface area (Å²) >= 11 is 0. The molecule has 1 saturated carbocycles. The minimum absolute atomic E-state index is 0.0160. The number of rotatable bonds is 9. The Morgan fingerprint density at radius 1 is 0.975 bits per heavy atom. The van der Waals surface area contributed by atoms with Gasteiger partial charge in [-0.3, -0.25) is 18.7 Å². The zero-order valence-electron chi connectivity index (χ0n) is 22.1. The molecule has 0 atom stereocenters. The number of pyridine rings is 1. The number of benzene rings is 2. The summed E-state index contributed by atoms with van der Waals surface area (Å²) in [6, 6.07) is 20.9. The molecule has 3 heterocycles. The van der Waals surface area contributed by atoms with Gasteiger partial charge in [-0.1, -0.05) is 42.5 Å². The fraction of sp³-hybridized carbons (Fsp3) is 0.233. The highest BCUT2D eigenvalue weighted by atomic mass is 16.2. The maximum Gasteiger partial charge on any atom is 0.332 e. The van der Waals surface area contributed by atoms with Gasteiger partial charge in [0.1, 0.15) is 17.2 Å². The summed E-state index contributed by atoms with van der Waals surface area (Å²) in [5, 5.41) is 6.24. The second kappa shape index (κ2) is 10.6. The van der Waals surface area contributed by atoms with Crippen molar-refractivity contribution in [3.05, 3.63) is 110 Å². The van der Waals surface area contributed by atoms with Crippen LogP contribution in [0.25, 0.3) is 22.6 Å². The summed E-state index contributed by atoms with van der Waals surface area (Å²) in [6.07, 6.45) is 3.38. The summed E-state index contributed by atoms with van der Waals surface area (Å²) in [6.45, 7) is 3.33. The number of amides is 1. The summed E-state index contributed by atoms with van der Waals surface area (Å²) < 4.78 is 2.90. The second-order valence-corrected chi connectivity index (χ2v) is 9.87. The Bertz CT molecular complexity index is 1780. The number of aromatic amines is 1. The second-order valence-electron chi connectivity index (χ2n) is 9.87. The van der Waals surface area contributed by atoms with Crippen LogP contribution in [-0.2, 0) is 19.6 Å². The van der Waals surface area contributed by atoms with Crippen molar-refractivity contribution < 1.29 is 4.79 Å². The lowest BCUT2D eigenvalue weighted by atomic mass is 10.1. The average molecular weight is 536 g/mol. The van der Waals surface area contributed by atoms with E-state index >= 15 is 0 Å². The molecule has 1 fully saturated rings. The molecule has 0 saturated heterocycles. The van der Waals surface area contributed by atoms with Crippen molar-refractivity contribution in [3.63, 3.8) is 0 Å². The van der Waals surface area contributed by atoms with Crippen molar-refractivity contribution in [3.8, 4) is 11.4 Å². The number of carbonyl (C=O) groups is 1. The van der Waals surface area contributed by atoms with Gasteiger partial charge in [-0.25, -0.2) is 14.8 Å². The molecule has 1 aliphatic rings. The Balaban J connectivity index is 1.10. The first-order valence-electron chi connectivity index (χ1n) is 13.4. The molecule has 0 unspecified atom stereocenters. The number of hydrogen-bond donors (Lipinski definition) is 3. The predicted octanol–water partition coefficient (Wildman–Crippen LogP) is 3.85. The largest absolute Gasteiger partial charge is 0.366 e. The summed E-state index contributed by atoms with van der Waals surface area (Å²) in [7, 11) is 0. The molecule has 40 heavy (non-hydrogen) atoms. The first kappa shape index (κ1) is 25.3. The average Bonchev–Trinajstić information content (AvgIpc) is 3.73. The van der Waals surface area contributed by atoms with Gasteiger partial charge in [0, 0.05) is 43.0 Å². The van der Waals surface area contributed by atoms with E-state index in [-0.39, 0.29) is 23.2 Å². The van der Waals surface area contributed by atoms with E-state index < -0.39 is 0 Å². The third kappa shape index (κ3) is 5.03. The van der Waals surface area contributed by atoms with E-state index in [9.17, 15) is 14.4 Å². The number of aromatic nitrogens is 5. The number of aryl methyl sites for hydroxylation is 1. The standard InChI is InChI=1S/C30H29N7O3/c1-2-36-27-25(29(39)37(30(36)40)23-13-14-23)34-26(35-27)22-12-15-24(32-18-22)31-16-19-8-10-20(11-9-19)17-33-28(38)21-6-4-3-5-7-21/h3-12,15,18,23H,2,13-14,16-17H2,1H3,(H,31,32)(H,33,38)(H,34,35). The van der Waals surface area contributed by atoms with Gasteiger partial charge in [-0.2, -0.15) is 0 Å². The van der Waals surface area contributed by atoms with Gasteiger partial charge in [-0.15, -0.1) is 0 Å². The summed E-state index contributed by atoms with van der Waals surface area (Å²) in [5.74, 6) is 1.09. The van der Waals surface area contributed by atoms with Crippen LogP contribution in [0.2, 0.25) is 0 Å². The molecule has 3 aromatic heterocycles. The van der Waals surface area contributed by atoms with Gasteiger partial charge in [0.05, 0.1) is 0 Å². The van der Waals surface area contributed by atoms with E-state index in [0.29, 0.717) is 48.0 Å². The van der Waals surface area contributed by atoms with Gasteiger partial charge in [0.25, 0.3) is 11.5 Å². The molecule has 0 bridgehead atoms. The number of fused-ring (bicyclic) bond motifs is 1. The fourth-order valence-corrected chi connectivity index (χ4v) is 4.69. The number of H-pyrrole nitrogens is 1. The van der Waals surface area contributed by atoms with E-state index in [1.165, 1.54) is 4.57 Å². The number of nitrogens with one attached hydrogen (secondary N) is 3. The highest BCUT2D eigenvalue weighted by Crippen LogP contribution is 2.32. The van der Waals surface area contributed by atoms with Crippen molar-refractivity contribution in [2.75, 3.05) is 5.32 Å². The highest BCUT2D eigenvalue weighted by Gasteiger charge is 2.29. The van der Waals surface area contributed by atoms with Crippen molar-refractivity contribution in [1.29, 1.82) is 0 Å². The predicted molar refractivity (Wildman–Crippen MR) is 153 cm³/mol. The van der Waals surface area contributed by atoms with Crippen molar-refractivity contribution in [1.82, 2.24) is 29.4 Å². The molecule has 2 aromatic carbocycles. The molecule has 6 rings (SSSR count). The topological polar surface area (TPSA) is 127 Å². The Labute approximate surface area is 229 Å². The lowest BCUT2D eigenvalue weighted by Gasteiger charge is -2.08. The molecule has 0 radical (unpaired) electrons. The number of imidazole rings is 1. The van der Waals surface area contributed by atoms with Crippen LogP contribution in [0.4, 0.5) is 5.82 Å².